The molecule has 0 aromatic carbocycles. The van der Waals surface area contributed by atoms with Crippen LogP contribution in [0.1, 0.15) is 10.5 Å². The number of anilines is 3. The van der Waals surface area contributed by atoms with Gasteiger partial charge in [0.1, 0.15) is 5.82 Å². The van der Waals surface area contributed by atoms with Crippen LogP contribution in [0.15, 0.2) is 30.6 Å². The second-order valence-electron chi connectivity index (χ2n) is 3.64. The molecule has 0 unspecified atom stereocenters. The van der Waals surface area contributed by atoms with E-state index in [1.54, 1.807) is 0 Å². The molecule has 0 aliphatic rings. The second kappa shape index (κ2) is 5.30. The Hall–Kier alpha value is -2.70. The van der Waals surface area contributed by atoms with E-state index in [0.29, 0.717) is 11.4 Å². The molecule has 0 aliphatic heterocycles. The maximum absolute atomic E-state index is 13.0. The Balaban J connectivity index is 2.31. The van der Waals surface area contributed by atoms with Gasteiger partial charge in [0.05, 0.1) is 30.9 Å². The van der Waals surface area contributed by atoms with Gasteiger partial charge in [-0.2, -0.15) is 0 Å². The van der Waals surface area contributed by atoms with Crippen LogP contribution < -0.4 is 11.1 Å². The lowest BCUT2D eigenvalue weighted by Gasteiger charge is -2.09. The molecular weight excluding hydrogens is 251 g/mol. The van der Waals surface area contributed by atoms with Gasteiger partial charge < -0.3 is 15.8 Å². The summed E-state index contributed by atoms with van der Waals surface area (Å²) >= 11 is 0. The lowest BCUT2D eigenvalue weighted by molar-refractivity contribution is 0.0594. The third-order valence-electron chi connectivity index (χ3n) is 2.29. The lowest BCUT2D eigenvalue weighted by atomic mass is 10.3. The third kappa shape index (κ3) is 2.95. The van der Waals surface area contributed by atoms with Crippen molar-refractivity contribution in [2.24, 2.45) is 0 Å². The number of esters is 1. The van der Waals surface area contributed by atoms with Crippen molar-refractivity contribution in [1.82, 2.24) is 9.97 Å². The lowest BCUT2D eigenvalue weighted by Crippen LogP contribution is -2.08. The summed E-state index contributed by atoms with van der Waals surface area (Å²) in [4.78, 5) is 19.1. The molecule has 0 amide bonds. The van der Waals surface area contributed by atoms with Gasteiger partial charge >= 0.3 is 5.97 Å². The molecule has 2 heterocycles. The van der Waals surface area contributed by atoms with E-state index < -0.39 is 11.8 Å². The SMILES string of the molecule is COC(=O)c1ccc(N)c(Nc2cncc(F)c2)n1. The molecule has 19 heavy (non-hydrogen) atoms. The van der Waals surface area contributed by atoms with Crippen molar-refractivity contribution in [3.63, 3.8) is 0 Å². The summed E-state index contributed by atoms with van der Waals surface area (Å²) in [7, 11) is 1.25. The van der Waals surface area contributed by atoms with Gasteiger partial charge in [-0.05, 0) is 12.1 Å². The van der Waals surface area contributed by atoms with Crippen molar-refractivity contribution < 1.29 is 13.9 Å². The van der Waals surface area contributed by atoms with E-state index in [9.17, 15) is 9.18 Å². The highest BCUT2D eigenvalue weighted by molar-refractivity contribution is 5.88. The third-order valence-corrected chi connectivity index (χ3v) is 2.29. The van der Waals surface area contributed by atoms with Gasteiger partial charge in [0.25, 0.3) is 0 Å². The van der Waals surface area contributed by atoms with Crippen LogP contribution >= 0.6 is 0 Å². The Labute approximate surface area is 108 Å². The fourth-order valence-corrected chi connectivity index (χ4v) is 1.41. The molecule has 7 heteroatoms. The summed E-state index contributed by atoms with van der Waals surface area (Å²) in [6, 6.07) is 4.18. The summed E-state index contributed by atoms with van der Waals surface area (Å²) in [6.45, 7) is 0. The quantitative estimate of drug-likeness (QED) is 0.819. The summed E-state index contributed by atoms with van der Waals surface area (Å²) in [5.74, 6) is -0.844. The highest BCUT2D eigenvalue weighted by Gasteiger charge is 2.10. The Bertz CT molecular complexity index is 618. The predicted octanol–water partition coefficient (Wildman–Crippen LogP) is 1.73. The van der Waals surface area contributed by atoms with Gasteiger partial charge in [-0.3, -0.25) is 4.98 Å². The van der Waals surface area contributed by atoms with Crippen molar-refractivity contribution in [1.29, 1.82) is 0 Å². The van der Waals surface area contributed by atoms with Crippen LogP contribution in [0, 0.1) is 5.82 Å². The molecule has 0 saturated heterocycles. The van der Waals surface area contributed by atoms with Gasteiger partial charge in [-0.25, -0.2) is 14.2 Å². The maximum atomic E-state index is 13.0. The van der Waals surface area contributed by atoms with Gasteiger partial charge in [0, 0.05) is 6.07 Å². The van der Waals surface area contributed by atoms with Gasteiger partial charge in [-0.1, -0.05) is 0 Å². The van der Waals surface area contributed by atoms with Crippen LogP contribution in [0.25, 0.3) is 0 Å². The fourth-order valence-electron chi connectivity index (χ4n) is 1.41. The number of nitrogen functional groups attached to an aromatic ring is 1. The normalized spacial score (nSPS) is 10.0. The predicted molar refractivity (Wildman–Crippen MR) is 67.5 cm³/mol. The minimum absolute atomic E-state index is 0.101. The molecule has 0 saturated carbocycles. The average Bonchev–Trinajstić information content (AvgIpc) is 2.40. The molecule has 0 spiro atoms. The van der Waals surface area contributed by atoms with Crippen molar-refractivity contribution >= 4 is 23.2 Å². The number of carbonyl (C=O) groups is 1. The van der Waals surface area contributed by atoms with Crippen LogP contribution in [-0.2, 0) is 4.74 Å². The number of aromatic nitrogens is 2. The van der Waals surface area contributed by atoms with Crippen LogP contribution in [0.4, 0.5) is 21.6 Å². The molecule has 0 atom stereocenters. The van der Waals surface area contributed by atoms with Crippen LogP contribution in [0.5, 0.6) is 0 Å². The Kier molecular flexibility index (Phi) is 3.56. The Morgan fingerprint density at radius 2 is 2.21 bits per heavy atom. The fraction of sp³-hybridized carbons (Fsp3) is 0.0833. The number of rotatable bonds is 3. The number of nitrogens with zero attached hydrogens (tertiary/aromatic N) is 2. The molecule has 98 valence electrons. The number of halogens is 1. The summed E-state index contributed by atoms with van der Waals surface area (Å²) in [6.07, 6.45) is 2.49. The first kappa shape index (κ1) is 12.7. The first-order valence-corrected chi connectivity index (χ1v) is 5.32. The Morgan fingerprint density at radius 3 is 2.89 bits per heavy atom. The summed E-state index contributed by atoms with van der Waals surface area (Å²) in [5, 5.41) is 2.79. The summed E-state index contributed by atoms with van der Waals surface area (Å²) < 4.78 is 17.6. The van der Waals surface area contributed by atoms with Crippen molar-refractivity contribution in [2.45, 2.75) is 0 Å². The number of methoxy groups -OCH3 is 1. The van der Waals surface area contributed by atoms with E-state index in [4.69, 9.17) is 5.73 Å². The first-order chi connectivity index (χ1) is 9.10. The first-order valence-electron chi connectivity index (χ1n) is 5.32. The topological polar surface area (TPSA) is 90.1 Å². The molecule has 3 N–H and O–H groups in total. The maximum Gasteiger partial charge on any atom is 0.356 e. The van der Waals surface area contributed by atoms with E-state index >= 15 is 0 Å². The zero-order valence-corrected chi connectivity index (χ0v) is 10.1. The smallest absolute Gasteiger partial charge is 0.356 e. The van der Waals surface area contributed by atoms with E-state index in [1.165, 1.54) is 31.5 Å². The molecule has 0 radical (unpaired) electrons. The Morgan fingerprint density at radius 1 is 1.42 bits per heavy atom. The highest BCUT2D eigenvalue weighted by Crippen LogP contribution is 2.21. The van der Waals surface area contributed by atoms with Gasteiger partial charge in [-0.15, -0.1) is 0 Å². The minimum atomic E-state index is -0.583. The van der Waals surface area contributed by atoms with Gasteiger partial charge in [0.2, 0.25) is 0 Å². The zero-order chi connectivity index (χ0) is 13.8. The van der Waals surface area contributed by atoms with Crippen molar-refractivity contribution in [3.8, 4) is 0 Å². The number of hydrogen-bond acceptors (Lipinski definition) is 6. The number of nitrogens with two attached hydrogens (primary N) is 1. The van der Waals surface area contributed by atoms with Crippen LogP contribution in [0.3, 0.4) is 0 Å². The molecule has 0 aliphatic carbocycles. The van der Waals surface area contributed by atoms with E-state index in [1.807, 2.05) is 0 Å². The van der Waals surface area contributed by atoms with E-state index in [2.05, 4.69) is 20.0 Å². The number of ether oxygens (including phenoxy) is 1. The number of carbonyl (C=O) groups excluding carboxylic acids is 1. The molecule has 2 aromatic heterocycles. The molecular formula is C12H11FN4O2. The van der Waals surface area contributed by atoms with E-state index in [0.717, 1.165) is 6.20 Å². The van der Waals surface area contributed by atoms with Crippen LogP contribution in [0.2, 0.25) is 0 Å². The molecule has 0 fully saturated rings. The molecule has 6 nitrogen and oxygen atoms in total. The highest BCUT2D eigenvalue weighted by atomic mass is 19.1. The number of pyridine rings is 2. The monoisotopic (exact) mass is 262 g/mol. The largest absolute Gasteiger partial charge is 0.464 e. The molecule has 2 rings (SSSR count). The van der Waals surface area contributed by atoms with Gasteiger partial charge in [0.15, 0.2) is 11.5 Å². The van der Waals surface area contributed by atoms with Crippen molar-refractivity contribution in [3.05, 3.63) is 42.1 Å². The standard InChI is InChI=1S/C12H11FN4O2/c1-19-12(18)10-3-2-9(14)11(17-10)16-8-4-7(13)5-15-6-8/h2-6H,14H2,1H3,(H,16,17). The van der Waals surface area contributed by atoms with E-state index in [-0.39, 0.29) is 11.5 Å². The average molecular weight is 262 g/mol. The number of hydrogen-bond donors (Lipinski definition) is 2. The van der Waals surface area contributed by atoms with Crippen LogP contribution in [-0.4, -0.2) is 23.0 Å². The number of nitrogens with one attached hydrogen (secondary N) is 1. The minimum Gasteiger partial charge on any atom is -0.464 e. The zero-order valence-electron chi connectivity index (χ0n) is 10.1. The summed E-state index contributed by atoms with van der Waals surface area (Å²) in [5.41, 5.74) is 6.52. The second-order valence-corrected chi connectivity index (χ2v) is 3.64. The molecule has 0 bridgehead atoms. The molecule has 2 aromatic rings. The van der Waals surface area contributed by atoms with Crippen molar-refractivity contribution in [2.75, 3.05) is 18.2 Å².